The number of alkyl carbamates (subject to hydrolysis) is 1. The molecule has 0 spiro atoms. The van der Waals surface area contributed by atoms with Gasteiger partial charge in [0.1, 0.15) is 12.6 Å². The molecule has 2 aromatic rings. The molecule has 5 nitrogen and oxygen atoms in total. The molecule has 1 N–H and O–H groups in total. The lowest BCUT2D eigenvalue weighted by Crippen LogP contribution is -2.52. The summed E-state index contributed by atoms with van der Waals surface area (Å²) in [6.45, 7) is 5.29. The number of amides is 2. The molecule has 2 aromatic carbocycles. The molecule has 1 aliphatic rings. The van der Waals surface area contributed by atoms with Crippen LogP contribution in [0.25, 0.3) is 0 Å². The third kappa shape index (κ3) is 4.88. The Morgan fingerprint density at radius 1 is 1.04 bits per heavy atom. The Hall–Kier alpha value is -2.82. The van der Waals surface area contributed by atoms with Gasteiger partial charge in [-0.1, -0.05) is 68.4 Å². The van der Waals surface area contributed by atoms with E-state index in [2.05, 4.69) is 17.4 Å². The Labute approximate surface area is 160 Å². The largest absolute Gasteiger partial charge is 0.445 e. The number of nitrogens with zero attached hydrogens (tertiary/aromatic N) is 1. The van der Waals surface area contributed by atoms with Crippen LogP contribution in [0.1, 0.15) is 30.5 Å². The quantitative estimate of drug-likeness (QED) is 0.881. The van der Waals surface area contributed by atoms with Gasteiger partial charge >= 0.3 is 6.09 Å². The van der Waals surface area contributed by atoms with Gasteiger partial charge in [0.15, 0.2) is 0 Å². The second kappa shape index (κ2) is 8.71. The zero-order chi connectivity index (χ0) is 19.2. The van der Waals surface area contributed by atoms with Gasteiger partial charge in [-0.2, -0.15) is 0 Å². The molecule has 0 bridgehead atoms. The normalized spacial score (nSPS) is 14.4. The molecule has 27 heavy (non-hydrogen) atoms. The first-order valence-corrected chi connectivity index (χ1v) is 9.37. The van der Waals surface area contributed by atoms with E-state index in [9.17, 15) is 9.59 Å². The number of rotatable bonds is 5. The van der Waals surface area contributed by atoms with Crippen molar-refractivity contribution in [1.82, 2.24) is 10.2 Å². The maximum Gasteiger partial charge on any atom is 0.408 e. The van der Waals surface area contributed by atoms with E-state index in [1.807, 2.05) is 61.2 Å². The summed E-state index contributed by atoms with van der Waals surface area (Å²) >= 11 is 0. The molecule has 142 valence electrons. The maximum atomic E-state index is 13.0. The molecule has 0 aromatic heterocycles. The monoisotopic (exact) mass is 366 g/mol. The molecule has 0 aliphatic carbocycles. The summed E-state index contributed by atoms with van der Waals surface area (Å²) in [4.78, 5) is 27.1. The van der Waals surface area contributed by atoms with Gasteiger partial charge in [0.2, 0.25) is 5.91 Å². The standard InChI is InChI=1S/C22H26N2O3/c1-16(2)20(23-22(26)27-15-17-8-4-3-5-9-17)21(25)24-13-12-18-10-6-7-11-19(18)14-24/h3-11,16,20H,12-15H2,1-2H3,(H,23,26)/t20-/m0/s1. The fourth-order valence-corrected chi connectivity index (χ4v) is 3.29. The van der Waals surface area contributed by atoms with Gasteiger partial charge in [0, 0.05) is 13.1 Å². The minimum Gasteiger partial charge on any atom is -0.445 e. The first-order valence-electron chi connectivity index (χ1n) is 9.37. The number of benzene rings is 2. The van der Waals surface area contributed by atoms with Crippen LogP contribution in [0.15, 0.2) is 54.6 Å². The molecule has 5 heteroatoms. The zero-order valence-electron chi connectivity index (χ0n) is 15.9. The summed E-state index contributed by atoms with van der Waals surface area (Å²) in [7, 11) is 0. The molecular formula is C22H26N2O3. The second-order valence-electron chi connectivity index (χ2n) is 7.21. The third-order valence-electron chi connectivity index (χ3n) is 4.86. The highest BCUT2D eigenvalue weighted by Crippen LogP contribution is 2.20. The molecule has 0 radical (unpaired) electrons. The van der Waals surface area contributed by atoms with Crippen LogP contribution in [0.2, 0.25) is 0 Å². The zero-order valence-corrected chi connectivity index (χ0v) is 15.9. The highest BCUT2D eigenvalue weighted by Gasteiger charge is 2.30. The van der Waals surface area contributed by atoms with E-state index in [4.69, 9.17) is 4.74 Å². The predicted molar refractivity (Wildman–Crippen MR) is 104 cm³/mol. The van der Waals surface area contributed by atoms with Crippen molar-refractivity contribution in [2.75, 3.05) is 6.54 Å². The number of carbonyl (C=O) groups is 2. The van der Waals surface area contributed by atoms with Crippen molar-refractivity contribution in [3.8, 4) is 0 Å². The number of ether oxygens (including phenoxy) is 1. The Bertz CT molecular complexity index is 789. The van der Waals surface area contributed by atoms with Gasteiger partial charge in [-0.25, -0.2) is 4.79 Å². The van der Waals surface area contributed by atoms with Gasteiger partial charge < -0.3 is 15.0 Å². The van der Waals surface area contributed by atoms with E-state index >= 15 is 0 Å². The first kappa shape index (κ1) is 19.0. The minimum atomic E-state index is -0.599. The van der Waals surface area contributed by atoms with E-state index in [0.717, 1.165) is 12.0 Å². The molecule has 1 aliphatic heterocycles. The molecule has 0 saturated carbocycles. The van der Waals surface area contributed by atoms with Crippen molar-refractivity contribution in [3.05, 3.63) is 71.3 Å². The highest BCUT2D eigenvalue weighted by molar-refractivity contribution is 5.86. The van der Waals surface area contributed by atoms with Gasteiger partial charge in [-0.3, -0.25) is 4.79 Å². The van der Waals surface area contributed by atoms with Crippen molar-refractivity contribution < 1.29 is 14.3 Å². The first-order chi connectivity index (χ1) is 13.0. The van der Waals surface area contributed by atoms with E-state index in [0.29, 0.717) is 13.1 Å². The lowest BCUT2D eigenvalue weighted by atomic mass is 9.97. The van der Waals surface area contributed by atoms with Crippen molar-refractivity contribution in [1.29, 1.82) is 0 Å². The minimum absolute atomic E-state index is 0.0288. The van der Waals surface area contributed by atoms with E-state index < -0.39 is 12.1 Å². The van der Waals surface area contributed by atoms with Gasteiger partial charge in [-0.15, -0.1) is 0 Å². The van der Waals surface area contributed by atoms with Crippen LogP contribution in [-0.4, -0.2) is 29.5 Å². The van der Waals surface area contributed by atoms with E-state index in [1.165, 1.54) is 11.1 Å². The summed E-state index contributed by atoms with van der Waals surface area (Å²) in [6.07, 6.45) is 0.272. The number of hydrogen-bond donors (Lipinski definition) is 1. The summed E-state index contributed by atoms with van der Waals surface area (Å²) in [6, 6.07) is 17.1. The lowest BCUT2D eigenvalue weighted by molar-refractivity contribution is -0.135. The van der Waals surface area contributed by atoms with Crippen LogP contribution < -0.4 is 5.32 Å². The average Bonchev–Trinajstić information content (AvgIpc) is 2.70. The Balaban J connectivity index is 1.59. The number of fused-ring (bicyclic) bond motifs is 1. The van der Waals surface area contributed by atoms with Gasteiger partial charge in [0.05, 0.1) is 0 Å². The lowest BCUT2D eigenvalue weighted by Gasteiger charge is -2.33. The maximum absolute atomic E-state index is 13.0. The van der Waals surface area contributed by atoms with Crippen molar-refractivity contribution in [3.63, 3.8) is 0 Å². The fraction of sp³-hybridized carbons (Fsp3) is 0.364. The Morgan fingerprint density at radius 2 is 1.70 bits per heavy atom. The molecule has 3 rings (SSSR count). The predicted octanol–water partition coefficient (Wildman–Crippen LogP) is 3.52. The van der Waals surface area contributed by atoms with E-state index in [1.54, 1.807) is 0 Å². The van der Waals surface area contributed by atoms with Crippen molar-refractivity contribution in [2.45, 2.75) is 39.5 Å². The number of nitrogens with one attached hydrogen (secondary N) is 1. The van der Waals surface area contributed by atoms with Crippen LogP contribution in [0, 0.1) is 5.92 Å². The molecule has 2 amide bonds. The van der Waals surface area contributed by atoms with Crippen molar-refractivity contribution >= 4 is 12.0 Å². The summed E-state index contributed by atoms with van der Waals surface area (Å²) in [5.74, 6) is -0.0879. The Morgan fingerprint density at radius 3 is 2.41 bits per heavy atom. The van der Waals surface area contributed by atoms with Crippen LogP contribution in [0.5, 0.6) is 0 Å². The highest BCUT2D eigenvalue weighted by atomic mass is 16.5. The van der Waals surface area contributed by atoms with Crippen LogP contribution >= 0.6 is 0 Å². The molecule has 0 unspecified atom stereocenters. The molecule has 0 saturated heterocycles. The fourth-order valence-electron chi connectivity index (χ4n) is 3.29. The number of hydrogen-bond acceptors (Lipinski definition) is 3. The van der Waals surface area contributed by atoms with Crippen LogP contribution in [0.3, 0.4) is 0 Å². The van der Waals surface area contributed by atoms with E-state index in [-0.39, 0.29) is 18.4 Å². The second-order valence-corrected chi connectivity index (χ2v) is 7.21. The topological polar surface area (TPSA) is 58.6 Å². The average molecular weight is 366 g/mol. The summed E-state index contributed by atoms with van der Waals surface area (Å²) < 4.78 is 5.28. The van der Waals surface area contributed by atoms with Crippen LogP contribution in [0.4, 0.5) is 4.79 Å². The van der Waals surface area contributed by atoms with Crippen molar-refractivity contribution in [2.24, 2.45) is 5.92 Å². The summed E-state index contributed by atoms with van der Waals surface area (Å²) in [5.41, 5.74) is 3.37. The van der Waals surface area contributed by atoms with Gasteiger partial charge in [-0.05, 0) is 29.0 Å². The summed E-state index contributed by atoms with van der Waals surface area (Å²) in [5, 5.41) is 2.76. The SMILES string of the molecule is CC(C)[C@H](NC(=O)OCc1ccccc1)C(=O)N1CCc2ccccc2C1. The van der Waals surface area contributed by atoms with Gasteiger partial charge in [0.25, 0.3) is 0 Å². The molecular weight excluding hydrogens is 340 g/mol. The molecule has 0 fully saturated rings. The van der Waals surface area contributed by atoms with Crippen LogP contribution in [-0.2, 0) is 29.1 Å². The molecule has 1 heterocycles. The molecule has 1 atom stereocenters. The number of carbonyl (C=O) groups excluding carboxylic acids is 2. The smallest absolute Gasteiger partial charge is 0.408 e. The Kier molecular flexibility index (Phi) is 6.12. The third-order valence-corrected chi connectivity index (χ3v) is 4.86.